The van der Waals surface area contributed by atoms with Crippen molar-refractivity contribution in [2.24, 2.45) is 0 Å². The van der Waals surface area contributed by atoms with Crippen LogP contribution in [0.15, 0.2) is 59.1 Å². The molecule has 1 amide bonds. The topological polar surface area (TPSA) is 72.6 Å². The van der Waals surface area contributed by atoms with Crippen molar-refractivity contribution in [2.45, 2.75) is 12.3 Å². The number of hydrogen-bond acceptors (Lipinski definition) is 5. The van der Waals surface area contributed by atoms with Crippen molar-refractivity contribution >= 4 is 17.6 Å². The summed E-state index contributed by atoms with van der Waals surface area (Å²) in [5.74, 6) is -1.03. The molecular weight excluding hydrogens is 363 g/mol. The van der Waals surface area contributed by atoms with Gasteiger partial charge in [-0.1, -0.05) is 23.4 Å². The normalized spacial score (nSPS) is 15.8. The maximum absolute atomic E-state index is 13.1. The number of carbonyl (C=O) groups excluding carboxylic acids is 2. The van der Waals surface area contributed by atoms with E-state index in [2.05, 4.69) is 5.16 Å². The highest BCUT2D eigenvalue weighted by Crippen LogP contribution is 2.36. The van der Waals surface area contributed by atoms with Crippen LogP contribution in [0.1, 0.15) is 28.4 Å². The van der Waals surface area contributed by atoms with E-state index in [0.717, 1.165) is 5.56 Å². The number of halogens is 1. The van der Waals surface area contributed by atoms with Gasteiger partial charge in [0.05, 0.1) is 13.0 Å². The number of para-hydroxylation sites is 1. The average Bonchev–Trinajstić information content (AvgIpc) is 3.22. The monoisotopic (exact) mass is 380 g/mol. The maximum atomic E-state index is 13.1. The van der Waals surface area contributed by atoms with Crippen LogP contribution < -0.4 is 4.90 Å². The molecule has 0 spiro atoms. The summed E-state index contributed by atoms with van der Waals surface area (Å²) in [4.78, 5) is 26.7. The van der Waals surface area contributed by atoms with Gasteiger partial charge < -0.3 is 14.2 Å². The predicted molar refractivity (Wildman–Crippen MR) is 99.4 cm³/mol. The SMILES string of the molecule is COC(=O)[C@@H]1CCN(C(=O)c2cc(-c3ccc(F)cc3)on2)c2ccccc21. The Morgan fingerprint density at radius 1 is 1.18 bits per heavy atom. The Morgan fingerprint density at radius 2 is 1.93 bits per heavy atom. The van der Waals surface area contributed by atoms with Gasteiger partial charge in [-0.2, -0.15) is 0 Å². The van der Waals surface area contributed by atoms with Crippen molar-refractivity contribution < 1.29 is 23.2 Å². The van der Waals surface area contributed by atoms with E-state index in [-0.39, 0.29) is 23.4 Å². The number of ether oxygens (including phenoxy) is 1. The molecule has 1 atom stereocenters. The molecule has 1 aromatic heterocycles. The van der Waals surface area contributed by atoms with Crippen molar-refractivity contribution in [1.29, 1.82) is 0 Å². The lowest BCUT2D eigenvalue weighted by Gasteiger charge is -2.32. The van der Waals surface area contributed by atoms with Crippen LogP contribution in [0.25, 0.3) is 11.3 Å². The number of nitrogens with zero attached hydrogens (tertiary/aromatic N) is 2. The fourth-order valence-electron chi connectivity index (χ4n) is 3.42. The first-order valence-corrected chi connectivity index (χ1v) is 8.80. The zero-order valence-corrected chi connectivity index (χ0v) is 15.1. The highest BCUT2D eigenvalue weighted by molar-refractivity contribution is 6.06. The molecule has 0 N–H and O–H groups in total. The smallest absolute Gasteiger partial charge is 0.313 e. The Balaban J connectivity index is 1.63. The van der Waals surface area contributed by atoms with E-state index < -0.39 is 5.92 Å². The van der Waals surface area contributed by atoms with Crippen molar-refractivity contribution in [3.8, 4) is 11.3 Å². The summed E-state index contributed by atoms with van der Waals surface area (Å²) in [6.45, 7) is 0.356. The van der Waals surface area contributed by atoms with E-state index in [1.54, 1.807) is 23.1 Å². The molecule has 0 bridgehead atoms. The molecular formula is C21H17FN2O4. The fraction of sp³-hybridized carbons (Fsp3) is 0.190. The van der Waals surface area contributed by atoms with Gasteiger partial charge in [0.25, 0.3) is 5.91 Å². The number of aromatic nitrogens is 1. The van der Waals surface area contributed by atoms with Gasteiger partial charge in [-0.15, -0.1) is 0 Å². The maximum Gasteiger partial charge on any atom is 0.313 e. The number of fused-ring (bicyclic) bond motifs is 1. The number of amides is 1. The van der Waals surface area contributed by atoms with Crippen LogP contribution in [0.2, 0.25) is 0 Å². The first-order chi connectivity index (χ1) is 13.6. The lowest BCUT2D eigenvalue weighted by Crippen LogP contribution is -2.38. The average molecular weight is 380 g/mol. The van der Waals surface area contributed by atoms with Crippen LogP contribution in [-0.2, 0) is 9.53 Å². The zero-order valence-electron chi connectivity index (χ0n) is 15.1. The molecule has 28 heavy (non-hydrogen) atoms. The Morgan fingerprint density at radius 3 is 2.68 bits per heavy atom. The third-order valence-electron chi connectivity index (χ3n) is 4.83. The van der Waals surface area contributed by atoms with Gasteiger partial charge in [-0.05, 0) is 42.3 Å². The molecule has 2 aromatic carbocycles. The van der Waals surface area contributed by atoms with Crippen molar-refractivity contribution in [2.75, 3.05) is 18.6 Å². The summed E-state index contributed by atoms with van der Waals surface area (Å²) in [7, 11) is 1.36. The highest BCUT2D eigenvalue weighted by Gasteiger charge is 2.34. The van der Waals surface area contributed by atoms with Gasteiger partial charge in [0, 0.05) is 23.9 Å². The molecule has 2 heterocycles. The molecule has 0 saturated carbocycles. The van der Waals surface area contributed by atoms with Crippen molar-refractivity contribution in [1.82, 2.24) is 5.16 Å². The second-order valence-electron chi connectivity index (χ2n) is 6.46. The minimum atomic E-state index is -0.405. The van der Waals surface area contributed by atoms with E-state index in [9.17, 15) is 14.0 Å². The largest absolute Gasteiger partial charge is 0.469 e. The molecule has 1 aliphatic heterocycles. The van der Waals surface area contributed by atoms with Crippen LogP contribution >= 0.6 is 0 Å². The van der Waals surface area contributed by atoms with E-state index in [4.69, 9.17) is 9.26 Å². The third-order valence-corrected chi connectivity index (χ3v) is 4.83. The van der Waals surface area contributed by atoms with E-state index >= 15 is 0 Å². The second-order valence-corrected chi connectivity index (χ2v) is 6.46. The summed E-state index contributed by atoms with van der Waals surface area (Å²) in [6, 6.07) is 14.5. The van der Waals surface area contributed by atoms with Gasteiger partial charge in [0.15, 0.2) is 11.5 Å². The number of rotatable bonds is 3. The molecule has 0 saturated heterocycles. The molecule has 3 aromatic rings. The number of hydrogen-bond donors (Lipinski definition) is 0. The first-order valence-electron chi connectivity index (χ1n) is 8.80. The zero-order chi connectivity index (χ0) is 19.7. The Bertz CT molecular complexity index is 1030. The second kappa shape index (κ2) is 7.26. The molecule has 6 nitrogen and oxygen atoms in total. The summed E-state index contributed by atoms with van der Waals surface area (Å²) in [5.41, 5.74) is 2.17. The molecule has 0 unspecified atom stereocenters. The third kappa shape index (κ3) is 3.15. The fourth-order valence-corrected chi connectivity index (χ4v) is 3.42. The van der Waals surface area contributed by atoms with Crippen LogP contribution in [0.5, 0.6) is 0 Å². The number of carbonyl (C=O) groups is 2. The Kier molecular flexibility index (Phi) is 4.65. The Hall–Kier alpha value is -3.48. The van der Waals surface area contributed by atoms with Crippen LogP contribution in [-0.4, -0.2) is 30.7 Å². The summed E-state index contributed by atoms with van der Waals surface area (Å²) >= 11 is 0. The van der Waals surface area contributed by atoms with Crippen molar-refractivity contribution in [3.63, 3.8) is 0 Å². The highest BCUT2D eigenvalue weighted by atomic mass is 19.1. The summed E-state index contributed by atoms with van der Waals surface area (Å²) in [5, 5.41) is 3.88. The van der Waals surface area contributed by atoms with Gasteiger partial charge in [-0.25, -0.2) is 4.39 Å². The van der Waals surface area contributed by atoms with Crippen LogP contribution in [0.3, 0.4) is 0 Å². The van der Waals surface area contributed by atoms with Crippen LogP contribution in [0.4, 0.5) is 10.1 Å². The molecule has 4 rings (SSSR count). The summed E-state index contributed by atoms with van der Waals surface area (Å²) in [6.07, 6.45) is 0.456. The number of benzene rings is 2. The molecule has 1 aliphatic rings. The first kappa shape index (κ1) is 17.9. The van der Waals surface area contributed by atoms with E-state index in [1.807, 2.05) is 18.2 Å². The molecule has 0 fully saturated rings. The molecule has 7 heteroatoms. The quantitative estimate of drug-likeness (QED) is 0.647. The van der Waals surface area contributed by atoms with E-state index in [1.165, 1.54) is 25.3 Å². The van der Waals surface area contributed by atoms with Crippen molar-refractivity contribution in [3.05, 3.63) is 71.7 Å². The molecule has 142 valence electrons. The number of esters is 1. The van der Waals surface area contributed by atoms with Gasteiger partial charge >= 0.3 is 5.97 Å². The number of anilines is 1. The molecule has 0 radical (unpaired) electrons. The lowest BCUT2D eigenvalue weighted by molar-refractivity contribution is -0.142. The minimum Gasteiger partial charge on any atom is -0.469 e. The lowest BCUT2D eigenvalue weighted by atomic mass is 9.89. The standard InChI is InChI=1S/C21H17FN2O4/c1-27-21(26)16-10-11-24(18-5-3-2-4-15(16)18)20(25)17-12-19(28-23-17)13-6-8-14(22)9-7-13/h2-9,12,16H,10-11H2,1H3/t16-/m1/s1. The van der Waals surface area contributed by atoms with Crippen LogP contribution in [0, 0.1) is 5.82 Å². The minimum absolute atomic E-state index is 0.144. The number of methoxy groups -OCH3 is 1. The predicted octanol–water partition coefficient (Wildman–Crippen LogP) is 3.79. The summed E-state index contributed by atoms with van der Waals surface area (Å²) < 4.78 is 23.3. The Labute approximate surface area is 160 Å². The van der Waals surface area contributed by atoms with E-state index in [0.29, 0.717) is 30.0 Å². The van der Waals surface area contributed by atoms with Gasteiger partial charge in [-0.3, -0.25) is 9.59 Å². The van der Waals surface area contributed by atoms with Gasteiger partial charge in [0.1, 0.15) is 5.82 Å². The molecule has 0 aliphatic carbocycles. The van der Waals surface area contributed by atoms with Gasteiger partial charge in [0.2, 0.25) is 0 Å².